The second-order valence-electron chi connectivity index (χ2n) is 7.45. The smallest absolute Gasteiger partial charge is 0.264 e. The molecular weight excluding hydrogens is 456 g/mol. The Balaban J connectivity index is 1.36. The van der Waals surface area contributed by atoms with Gasteiger partial charge in [0, 0.05) is 22.0 Å². The van der Waals surface area contributed by atoms with E-state index in [0.717, 1.165) is 15.7 Å². The normalized spacial score (nSPS) is 11.3. The fourth-order valence-electron chi connectivity index (χ4n) is 3.27. The van der Waals surface area contributed by atoms with Crippen LogP contribution in [0.1, 0.15) is 11.4 Å². The first-order valence-electron chi connectivity index (χ1n) is 10.2. The topological polar surface area (TPSA) is 101 Å². The second-order valence-corrected chi connectivity index (χ2v) is 10.2. The van der Waals surface area contributed by atoms with E-state index in [1.807, 2.05) is 36.4 Å². The van der Waals surface area contributed by atoms with Crippen molar-refractivity contribution in [3.63, 3.8) is 0 Å². The second kappa shape index (κ2) is 9.60. The van der Waals surface area contributed by atoms with Gasteiger partial charge in [-0.1, -0.05) is 30.3 Å². The lowest BCUT2D eigenvalue weighted by atomic mass is 10.1. The summed E-state index contributed by atoms with van der Waals surface area (Å²) in [7, 11) is -3.85. The summed E-state index contributed by atoms with van der Waals surface area (Å²) in [6.07, 6.45) is 0. The van der Waals surface area contributed by atoms with Crippen molar-refractivity contribution in [2.45, 2.75) is 23.6 Å². The van der Waals surface area contributed by atoms with E-state index in [4.69, 9.17) is 0 Å². The van der Waals surface area contributed by atoms with Crippen molar-refractivity contribution >= 4 is 50.1 Å². The Hall–Kier alpha value is -3.43. The van der Waals surface area contributed by atoms with Crippen molar-refractivity contribution in [2.24, 2.45) is 0 Å². The number of amides is 1. The summed E-state index contributed by atoms with van der Waals surface area (Å²) in [5.74, 6) is 0.0883. The van der Waals surface area contributed by atoms with Gasteiger partial charge < -0.3 is 5.32 Å². The van der Waals surface area contributed by atoms with Gasteiger partial charge in [-0.2, -0.15) is 0 Å². The van der Waals surface area contributed by atoms with E-state index in [-0.39, 0.29) is 22.5 Å². The Labute approximate surface area is 196 Å². The molecule has 0 saturated heterocycles. The lowest BCUT2D eigenvalue weighted by Gasteiger charge is -2.09. The van der Waals surface area contributed by atoms with E-state index in [1.165, 1.54) is 23.9 Å². The Bertz CT molecular complexity index is 1400. The fraction of sp³-hybridized carbons (Fsp3) is 0.125. The molecule has 0 fully saturated rings. The number of anilines is 2. The molecule has 168 valence electrons. The molecule has 0 aliphatic carbocycles. The average Bonchev–Trinajstić information content (AvgIpc) is 2.77. The molecule has 0 bridgehead atoms. The number of sulfonamides is 1. The molecule has 0 aliphatic heterocycles. The van der Waals surface area contributed by atoms with E-state index in [0.29, 0.717) is 17.1 Å². The van der Waals surface area contributed by atoms with Gasteiger partial charge in [-0.15, -0.1) is 11.8 Å². The van der Waals surface area contributed by atoms with Gasteiger partial charge in [0.2, 0.25) is 11.9 Å². The molecule has 1 heterocycles. The van der Waals surface area contributed by atoms with Crippen LogP contribution in [0.3, 0.4) is 0 Å². The van der Waals surface area contributed by atoms with Crippen molar-refractivity contribution in [1.82, 2.24) is 9.97 Å². The zero-order valence-corrected chi connectivity index (χ0v) is 19.7. The predicted octanol–water partition coefficient (Wildman–Crippen LogP) is 4.78. The van der Waals surface area contributed by atoms with Crippen LogP contribution in [-0.2, 0) is 14.8 Å². The summed E-state index contributed by atoms with van der Waals surface area (Å²) in [6.45, 7) is 3.53. The number of aryl methyl sites for hydroxylation is 2. The molecule has 1 amide bonds. The Morgan fingerprint density at radius 3 is 2.24 bits per heavy atom. The maximum absolute atomic E-state index is 12.6. The molecule has 2 N–H and O–H groups in total. The number of carbonyl (C=O) groups is 1. The molecule has 0 aliphatic rings. The van der Waals surface area contributed by atoms with Crippen LogP contribution in [-0.4, -0.2) is 30.0 Å². The summed E-state index contributed by atoms with van der Waals surface area (Å²) in [4.78, 5) is 21.6. The molecule has 0 radical (unpaired) electrons. The van der Waals surface area contributed by atoms with Gasteiger partial charge in [-0.05, 0) is 67.1 Å². The third kappa shape index (κ3) is 5.88. The number of fused-ring (bicyclic) bond motifs is 1. The number of carbonyl (C=O) groups excluding carboxylic acids is 1. The number of nitrogens with zero attached hydrogens (tertiary/aromatic N) is 2. The molecule has 33 heavy (non-hydrogen) atoms. The highest BCUT2D eigenvalue weighted by Gasteiger charge is 2.16. The third-order valence-electron chi connectivity index (χ3n) is 4.75. The first-order valence-corrected chi connectivity index (χ1v) is 12.6. The van der Waals surface area contributed by atoms with E-state index < -0.39 is 10.0 Å². The van der Waals surface area contributed by atoms with E-state index >= 15 is 0 Å². The van der Waals surface area contributed by atoms with Crippen LogP contribution in [0.2, 0.25) is 0 Å². The molecule has 0 saturated carbocycles. The van der Waals surface area contributed by atoms with Crippen molar-refractivity contribution in [1.29, 1.82) is 0 Å². The van der Waals surface area contributed by atoms with Crippen molar-refractivity contribution in [3.8, 4) is 0 Å². The van der Waals surface area contributed by atoms with Crippen LogP contribution >= 0.6 is 11.8 Å². The minimum Gasteiger partial charge on any atom is -0.325 e. The van der Waals surface area contributed by atoms with Crippen molar-refractivity contribution < 1.29 is 13.2 Å². The number of hydrogen-bond acceptors (Lipinski definition) is 6. The molecule has 0 atom stereocenters. The molecular formula is C24H22N4O3S2. The first-order chi connectivity index (χ1) is 15.8. The minimum atomic E-state index is -3.85. The highest BCUT2D eigenvalue weighted by atomic mass is 32.2. The average molecular weight is 479 g/mol. The standard InChI is InChI=1S/C24H22N4O3S2/c1-16-13-17(2)26-24(25-16)28-33(30,31)22-11-8-20(9-12-22)27-23(29)15-32-21-10-7-18-5-3-4-6-19(18)14-21/h3-14H,15H2,1-2H3,(H,27,29)(H,25,26,28). The number of aromatic nitrogens is 2. The Kier molecular flexibility index (Phi) is 6.62. The van der Waals surface area contributed by atoms with Crippen LogP contribution in [0, 0.1) is 13.8 Å². The largest absolute Gasteiger partial charge is 0.325 e. The number of benzene rings is 3. The summed E-state index contributed by atoms with van der Waals surface area (Å²) in [6, 6.07) is 21.9. The molecule has 7 nitrogen and oxygen atoms in total. The van der Waals surface area contributed by atoms with Crippen molar-refractivity contribution in [2.75, 3.05) is 15.8 Å². The van der Waals surface area contributed by atoms with Gasteiger partial charge >= 0.3 is 0 Å². The van der Waals surface area contributed by atoms with Crippen LogP contribution < -0.4 is 10.0 Å². The Morgan fingerprint density at radius 1 is 0.879 bits per heavy atom. The van der Waals surface area contributed by atoms with Gasteiger partial charge in [0.25, 0.3) is 10.0 Å². The van der Waals surface area contributed by atoms with E-state index in [1.54, 1.807) is 32.0 Å². The van der Waals surface area contributed by atoms with Crippen LogP contribution in [0.25, 0.3) is 10.8 Å². The third-order valence-corrected chi connectivity index (χ3v) is 7.09. The Morgan fingerprint density at radius 2 is 1.55 bits per heavy atom. The molecule has 4 aromatic rings. The lowest BCUT2D eigenvalue weighted by Crippen LogP contribution is -2.16. The molecule has 1 aromatic heterocycles. The summed E-state index contributed by atoms with van der Waals surface area (Å²) in [5.41, 5.74) is 1.85. The monoisotopic (exact) mass is 478 g/mol. The number of thioether (sulfide) groups is 1. The highest BCUT2D eigenvalue weighted by molar-refractivity contribution is 8.00. The van der Waals surface area contributed by atoms with Gasteiger partial charge in [-0.3, -0.25) is 4.79 Å². The van der Waals surface area contributed by atoms with Gasteiger partial charge in [-0.25, -0.2) is 23.1 Å². The molecule has 3 aromatic carbocycles. The zero-order valence-electron chi connectivity index (χ0n) is 18.1. The number of rotatable bonds is 7. The highest BCUT2D eigenvalue weighted by Crippen LogP contribution is 2.24. The van der Waals surface area contributed by atoms with E-state index in [2.05, 4.69) is 26.1 Å². The molecule has 0 unspecified atom stereocenters. The van der Waals surface area contributed by atoms with Gasteiger partial charge in [0.05, 0.1) is 10.6 Å². The SMILES string of the molecule is Cc1cc(C)nc(NS(=O)(=O)c2ccc(NC(=O)CSc3ccc4ccccc4c3)cc2)n1. The summed E-state index contributed by atoms with van der Waals surface area (Å²) >= 11 is 1.44. The predicted molar refractivity (Wildman–Crippen MR) is 132 cm³/mol. The van der Waals surface area contributed by atoms with Gasteiger partial charge in [0.1, 0.15) is 0 Å². The van der Waals surface area contributed by atoms with Crippen LogP contribution in [0.5, 0.6) is 0 Å². The van der Waals surface area contributed by atoms with Crippen molar-refractivity contribution in [3.05, 3.63) is 84.2 Å². The maximum Gasteiger partial charge on any atom is 0.264 e. The molecule has 9 heteroatoms. The quantitative estimate of drug-likeness (QED) is 0.371. The summed E-state index contributed by atoms with van der Waals surface area (Å²) in [5, 5.41) is 5.07. The van der Waals surface area contributed by atoms with Crippen LogP contribution in [0.4, 0.5) is 11.6 Å². The summed E-state index contributed by atoms with van der Waals surface area (Å²) < 4.78 is 27.6. The molecule has 0 spiro atoms. The van der Waals surface area contributed by atoms with Crippen LogP contribution in [0.15, 0.2) is 82.6 Å². The first kappa shape index (κ1) is 22.8. The minimum absolute atomic E-state index is 0.0237. The molecule has 4 rings (SSSR count). The zero-order chi connectivity index (χ0) is 23.4. The maximum atomic E-state index is 12.6. The fourth-order valence-corrected chi connectivity index (χ4v) is 4.96. The lowest BCUT2D eigenvalue weighted by molar-refractivity contribution is -0.113. The number of hydrogen-bond donors (Lipinski definition) is 2. The van der Waals surface area contributed by atoms with Gasteiger partial charge in [0.15, 0.2) is 0 Å². The van der Waals surface area contributed by atoms with E-state index in [9.17, 15) is 13.2 Å². The number of nitrogens with one attached hydrogen (secondary N) is 2.